The van der Waals surface area contributed by atoms with E-state index in [0.29, 0.717) is 24.1 Å². The summed E-state index contributed by atoms with van der Waals surface area (Å²) in [4.78, 5) is 67.6. The number of esters is 1. The molecule has 15 nitrogen and oxygen atoms in total. The predicted octanol–water partition coefficient (Wildman–Crippen LogP) is 1.67. The van der Waals surface area contributed by atoms with Crippen molar-refractivity contribution in [3.8, 4) is 5.75 Å². The second-order valence-electron chi connectivity index (χ2n) is 12.2. The predicted molar refractivity (Wildman–Crippen MR) is 163 cm³/mol. The van der Waals surface area contributed by atoms with Crippen molar-refractivity contribution < 1.29 is 53.9 Å². The summed E-state index contributed by atoms with van der Waals surface area (Å²) in [7, 11) is 6.45. The van der Waals surface area contributed by atoms with Gasteiger partial charge < -0.3 is 40.5 Å². The summed E-state index contributed by atoms with van der Waals surface area (Å²) < 4.78 is 9.94. The highest BCUT2D eigenvalue weighted by Gasteiger charge is 2.63. The highest BCUT2D eigenvalue weighted by molar-refractivity contribution is 6.25. The fourth-order valence-corrected chi connectivity index (χ4v) is 6.82. The molecular weight excluding hydrogens is 604 g/mol. The summed E-state index contributed by atoms with van der Waals surface area (Å²) in [6.07, 6.45) is -0.00381. The monoisotopic (exact) mass is 644 g/mol. The number of ether oxygens (including phenoxy) is 2. The number of primary amides is 1. The Morgan fingerprint density at radius 2 is 1.72 bits per heavy atom. The smallest absolute Gasteiger partial charge is 0.414 e. The van der Waals surface area contributed by atoms with Gasteiger partial charge in [-0.25, -0.2) is 4.79 Å². The molecule has 2 amide bonds. The van der Waals surface area contributed by atoms with Crippen LogP contribution in [-0.4, -0.2) is 101 Å². The number of carbonyl (C=O) groups excluding carboxylic acids is 5. The second-order valence-corrected chi connectivity index (χ2v) is 12.2. The number of phenolic OH excluding ortho intramolecular Hbond substituents is 1. The zero-order chi connectivity index (χ0) is 34.4. The molecule has 4 atom stereocenters. The molecule has 0 saturated carbocycles. The van der Waals surface area contributed by atoms with Crippen LogP contribution in [-0.2, 0) is 30.3 Å². The lowest BCUT2D eigenvalue weighted by atomic mass is 9.58. The Labute approximate surface area is 265 Å². The minimum absolute atomic E-state index is 0.0618. The highest BCUT2D eigenvalue weighted by Crippen LogP contribution is 2.53. The molecule has 0 fully saturated rings. The minimum Gasteiger partial charge on any atom is -0.510 e. The molecule has 0 aromatic heterocycles. The molecule has 15 heteroatoms. The van der Waals surface area contributed by atoms with Crippen LogP contribution < -0.4 is 16.0 Å². The molecule has 0 saturated heterocycles. The third kappa shape index (κ3) is 5.42. The first-order valence-electron chi connectivity index (χ1n) is 14.8. The number of ketones is 2. The largest absolute Gasteiger partial charge is 0.510 e. The van der Waals surface area contributed by atoms with Crippen molar-refractivity contribution in [1.82, 2.24) is 4.90 Å². The van der Waals surface area contributed by atoms with Gasteiger partial charge in [0.15, 0.2) is 17.1 Å². The fraction of sp³-hybridized carbons (Fsp3) is 0.516. The van der Waals surface area contributed by atoms with Crippen LogP contribution in [0.4, 0.5) is 16.2 Å². The number of Topliss-reactive ketones (excluding diaryl/α,β-unsaturated/α-hetero) is 2. The summed E-state index contributed by atoms with van der Waals surface area (Å²) >= 11 is 0. The Morgan fingerprint density at radius 3 is 2.26 bits per heavy atom. The first-order valence-corrected chi connectivity index (χ1v) is 14.8. The van der Waals surface area contributed by atoms with Gasteiger partial charge in [0.25, 0.3) is 5.91 Å². The van der Waals surface area contributed by atoms with Crippen LogP contribution in [0.5, 0.6) is 5.75 Å². The van der Waals surface area contributed by atoms with Crippen molar-refractivity contribution in [1.29, 1.82) is 0 Å². The number of likely N-dealkylation sites (N-methyl/N-ethyl adjacent to an activating group) is 1. The van der Waals surface area contributed by atoms with Gasteiger partial charge in [0, 0.05) is 31.3 Å². The Hall–Kier alpha value is -4.63. The topological polar surface area (TPSA) is 229 Å². The van der Waals surface area contributed by atoms with Gasteiger partial charge in [-0.3, -0.25) is 29.4 Å². The highest BCUT2D eigenvalue weighted by atomic mass is 16.7. The van der Waals surface area contributed by atoms with Crippen molar-refractivity contribution in [2.75, 3.05) is 45.2 Å². The van der Waals surface area contributed by atoms with Gasteiger partial charge in [-0.15, -0.1) is 0 Å². The minimum atomic E-state index is -2.78. The maximum absolute atomic E-state index is 14.1. The molecule has 4 rings (SSSR count). The number of rotatable bonds is 9. The first kappa shape index (κ1) is 34.2. The molecule has 46 heavy (non-hydrogen) atoms. The molecule has 0 radical (unpaired) electrons. The van der Waals surface area contributed by atoms with Crippen LogP contribution >= 0.6 is 0 Å². The number of aromatic hydroxyl groups is 1. The lowest BCUT2D eigenvalue weighted by molar-refractivity contribution is -0.156. The van der Waals surface area contributed by atoms with Crippen LogP contribution in [0.3, 0.4) is 0 Å². The number of hydrogen-bond donors (Lipinski definition) is 6. The van der Waals surface area contributed by atoms with Gasteiger partial charge in [0.05, 0.1) is 23.2 Å². The number of allylic oxidation sites excluding steroid dienone is 1. The number of fused-ring (bicyclic) bond motifs is 3. The normalized spacial score (nSPS) is 24.0. The average Bonchev–Trinajstić information content (AvgIpc) is 2.96. The summed E-state index contributed by atoms with van der Waals surface area (Å²) in [5.41, 5.74) is 1.63. The molecule has 3 aliphatic rings. The fourth-order valence-electron chi connectivity index (χ4n) is 6.82. The van der Waals surface area contributed by atoms with E-state index in [-0.39, 0.29) is 35.6 Å². The number of carbonyl (C=O) groups is 5. The zero-order valence-electron chi connectivity index (χ0n) is 26.5. The maximum atomic E-state index is 14.1. The number of nitrogens with zero attached hydrogens (tertiary/aromatic N) is 2. The molecule has 0 bridgehead atoms. The van der Waals surface area contributed by atoms with Gasteiger partial charge in [0.1, 0.15) is 17.1 Å². The Bertz CT molecular complexity index is 1560. The van der Waals surface area contributed by atoms with Crippen LogP contribution in [0.15, 0.2) is 28.7 Å². The summed E-state index contributed by atoms with van der Waals surface area (Å²) in [6, 6.07) is 0.312. The molecule has 0 heterocycles. The molecule has 0 aliphatic heterocycles. The molecule has 0 unspecified atom stereocenters. The van der Waals surface area contributed by atoms with Crippen molar-refractivity contribution in [3.05, 3.63) is 39.9 Å². The van der Waals surface area contributed by atoms with E-state index in [0.717, 1.165) is 0 Å². The van der Waals surface area contributed by atoms with Crippen molar-refractivity contribution in [2.24, 2.45) is 23.5 Å². The van der Waals surface area contributed by atoms with Gasteiger partial charge in [-0.05, 0) is 57.3 Å². The zero-order valence-corrected chi connectivity index (χ0v) is 26.5. The van der Waals surface area contributed by atoms with E-state index in [4.69, 9.17) is 15.2 Å². The van der Waals surface area contributed by atoms with Crippen LogP contribution in [0.2, 0.25) is 0 Å². The number of aliphatic hydroxyl groups is 3. The third-order valence-electron chi connectivity index (χ3n) is 9.13. The van der Waals surface area contributed by atoms with E-state index < -0.39 is 82.6 Å². The number of aliphatic hydroxyl groups excluding tert-OH is 2. The van der Waals surface area contributed by atoms with Crippen LogP contribution in [0.1, 0.15) is 49.0 Å². The van der Waals surface area contributed by atoms with Crippen molar-refractivity contribution >= 4 is 40.9 Å². The van der Waals surface area contributed by atoms with Crippen molar-refractivity contribution in [3.63, 3.8) is 0 Å². The molecule has 0 spiro atoms. The van der Waals surface area contributed by atoms with Crippen LogP contribution in [0, 0.1) is 17.8 Å². The Morgan fingerprint density at radius 1 is 1.09 bits per heavy atom. The average molecular weight is 645 g/mol. The first-order chi connectivity index (χ1) is 21.5. The number of hydrogen-bond acceptors (Lipinski definition) is 13. The number of amides is 2. The SMILES string of the molecule is CCC(CC)C(=O)OCOC(=O)Nc1cc(N(C)C)c2c(c1O)C(=O)C1=C(O)[C@]3(O)C(=O)C(C(N)=O)=C(O)[C@@H](N(C)C)[C@@H]3C[C@@H]1C2. The summed E-state index contributed by atoms with van der Waals surface area (Å²) in [5, 5.41) is 47.8. The van der Waals surface area contributed by atoms with Gasteiger partial charge in [-0.1, -0.05) is 13.8 Å². The third-order valence-corrected chi connectivity index (χ3v) is 9.13. The van der Waals surface area contributed by atoms with Crippen molar-refractivity contribution in [2.45, 2.75) is 51.2 Å². The quantitative estimate of drug-likeness (QED) is 0.0974. The van der Waals surface area contributed by atoms with E-state index in [1.54, 1.807) is 33.1 Å². The number of nitrogens with one attached hydrogen (secondary N) is 1. The lowest BCUT2D eigenvalue weighted by Gasteiger charge is -2.50. The number of nitrogens with two attached hydrogens (primary N) is 1. The molecule has 7 N–H and O–H groups in total. The van der Waals surface area contributed by atoms with Gasteiger partial charge in [0.2, 0.25) is 12.6 Å². The molecular formula is C31H40N4O11. The van der Waals surface area contributed by atoms with E-state index in [1.165, 1.54) is 11.0 Å². The number of phenols is 1. The van der Waals surface area contributed by atoms with Gasteiger partial charge in [-0.2, -0.15) is 0 Å². The standard InChI is InChI=1S/C31H40N4O11/c1-7-13(8-2)29(42)45-12-46-30(43)33-17-11-18(34(3)4)15-9-14-10-16-22(35(5)6)25(38)21(28(32)41)27(40)31(16,44)26(39)19(14)24(37)20(15)23(17)36/h11,13-14,16,22,36,38-39,44H,7-10,12H2,1-6H3,(H2,32,41)(H,33,43)/t14-,16-,22-,31-/m0/s1. The number of anilines is 2. The second kappa shape index (κ2) is 12.6. The molecule has 1 aromatic rings. The van der Waals surface area contributed by atoms with Gasteiger partial charge >= 0.3 is 12.1 Å². The van der Waals surface area contributed by atoms with E-state index in [9.17, 15) is 44.4 Å². The van der Waals surface area contributed by atoms with E-state index >= 15 is 0 Å². The summed E-state index contributed by atoms with van der Waals surface area (Å²) in [5.74, 6) is -8.72. The lowest BCUT2D eigenvalue weighted by Crippen LogP contribution is -2.63. The van der Waals surface area contributed by atoms with E-state index in [2.05, 4.69) is 5.32 Å². The summed E-state index contributed by atoms with van der Waals surface area (Å²) in [6.45, 7) is 2.96. The maximum Gasteiger partial charge on any atom is 0.414 e. The Kier molecular flexibility index (Phi) is 9.41. The molecule has 1 aromatic carbocycles. The van der Waals surface area contributed by atoms with Crippen LogP contribution in [0.25, 0.3) is 0 Å². The number of benzene rings is 1. The van der Waals surface area contributed by atoms with E-state index in [1.807, 2.05) is 13.8 Å². The molecule has 3 aliphatic carbocycles. The Balaban J connectivity index is 1.75. The molecule has 250 valence electrons.